The Morgan fingerprint density at radius 3 is 3.07 bits per heavy atom. The normalized spacial score (nSPS) is 10.8. The molecule has 0 amide bonds. The summed E-state index contributed by atoms with van der Waals surface area (Å²) in [4.78, 5) is 10.4. The molecule has 0 bridgehead atoms. The number of carbonyl (C=O) groups is 1. The van der Waals surface area contributed by atoms with Crippen LogP contribution in [-0.2, 0) is 11.3 Å². The van der Waals surface area contributed by atoms with Crippen molar-refractivity contribution in [2.75, 3.05) is 0 Å². The van der Waals surface area contributed by atoms with Crippen molar-refractivity contribution in [3.63, 3.8) is 0 Å². The first-order valence-corrected chi connectivity index (χ1v) is 6.83. The van der Waals surface area contributed by atoms with Crippen molar-refractivity contribution in [3.05, 3.63) is 27.8 Å². The Labute approximate surface area is 99.2 Å². The molecule has 0 saturated heterocycles. The van der Waals surface area contributed by atoms with Gasteiger partial charge in [-0.1, -0.05) is 0 Å². The summed E-state index contributed by atoms with van der Waals surface area (Å²) in [5, 5.41) is 0.760. The fourth-order valence-corrected chi connectivity index (χ4v) is 3.95. The molecule has 2 rings (SSSR count). The van der Waals surface area contributed by atoms with E-state index in [1.807, 2.05) is 12.1 Å². The van der Waals surface area contributed by atoms with E-state index in [9.17, 15) is 4.79 Å². The average Bonchev–Trinajstić information content (AvgIpc) is 2.51. The third-order valence-corrected chi connectivity index (χ3v) is 4.82. The number of nitrogens with zero attached hydrogens (tertiary/aromatic N) is 1. The van der Waals surface area contributed by atoms with Crippen molar-refractivity contribution in [1.29, 1.82) is 0 Å². The van der Waals surface area contributed by atoms with Crippen molar-refractivity contribution in [2.24, 2.45) is 0 Å². The predicted molar refractivity (Wildman–Crippen MR) is 61.5 cm³/mol. The summed E-state index contributed by atoms with van der Waals surface area (Å²) >= 11 is 6.36. The van der Waals surface area contributed by atoms with E-state index in [1.165, 1.54) is 14.3 Å². The van der Waals surface area contributed by atoms with E-state index >= 15 is 0 Å². The van der Waals surface area contributed by atoms with Crippen molar-refractivity contribution < 1.29 is 9.36 Å². The van der Waals surface area contributed by atoms with Gasteiger partial charge in [-0.25, -0.2) is 0 Å². The number of aldehydes is 1. The van der Waals surface area contributed by atoms with Crippen molar-refractivity contribution >= 4 is 42.2 Å². The van der Waals surface area contributed by atoms with Gasteiger partial charge in [0.05, 0.1) is 0 Å². The molecule has 15 heavy (non-hydrogen) atoms. The van der Waals surface area contributed by atoms with Crippen LogP contribution in [0.5, 0.6) is 0 Å². The minimum atomic E-state index is 0.392. The number of carbonyl (C=O) groups excluding carboxylic acids is 1. The van der Waals surface area contributed by atoms with Gasteiger partial charge < -0.3 is 0 Å². The summed E-state index contributed by atoms with van der Waals surface area (Å²) < 4.78 is 4.91. The molecule has 0 spiro atoms. The Morgan fingerprint density at radius 1 is 1.53 bits per heavy atom. The van der Waals surface area contributed by atoms with E-state index < -0.39 is 0 Å². The Bertz CT molecular complexity index is 507. The van der Waals surface area contributed by atoms with Crippen LogP contribution in [0.15, 0.2) is 18.2 Å². The van der Waals surface area contributed by atoms with Gasteiger partial charge >= 0.3 is 99.2 Å². The molecule has 1 heterocycles. The van der Waals surface area contributed by atoms with E-state index in [-0.39, 0.29) is 0 Å². The van der Waals surface area contributed by atoms with Crippen LogP contribution in [-0.4, -0.2) is 20.8 Å². The predicted octanol–water partition coefficient (Wildman–Crippen LogP) is 1.74. The average molecular weight is 288 g/mol. The molecule has 1 aromatic heterocycles. The van der Waals surface area contributed by atoms with Crippen LogP contribution >= 0.6 is 11.6 Å². The fraction of sp³-hybridized carbons (Fsp3) is 0.273. The number of hydrogen-bond acceptors (Lipinski definition) is 1. The molecule has 0 atom stereocenters. The van der Waals surface area contributed by atoms with Gasteiger partial charge in [-0.3, -0.25) is 0 Å². The van der Waals surface area contributed by atoms with Gasteiger partial charge in [-0.2, -0.15) is 0 Å². The van der Waals surface area contributed by atoms with Gasteiger partial charge in [-0.15, -0.1) is 0 Å². The second-order valence-electron chi connectivity index (χ2n) is 3.34. The van der Waals surface area contributed by atoms with Gasteiger partial charge in [0.25, 0.3) is 0 Å². The molecule has 0 radical (unpaired) electrons. The van der Waals surface area contributed by atoms with Crippen LogP contribution in [0.3, 0.4) is 0 Å². The summed E-state index contributed by atoms with van der Waals surface area (Å²) in [7, 11) is 0. The minimum absolute atomic E-state index is 0.392. The number of benzene rings is 1. The quantitative estimate of drug-likeness (QED) is 0.478. The van der Waals surface area contributed by atoms with Crippen LogP contribution in [0.1, 0.15) is 11.0 Å². The maximum absolute atomic E-state index is 10.4. The Morgan fingerprint density at radius 2 is 2.33 bits per heavy atom. The summed E-state index contributed by atoms with van der Waals surface area (Å²) in [5.41, 5.74) is 1.18. The van der Waals surface area contributed by atoms with Crippen LogP contribution in [0.2, 0.25) is 5.02 Å². The van der Waals surface area contributed by atoms with E-state index in [2.05, 4.69) is 17.6 Å². The number of hydrogen-bond donors (Lipinski definition) is 0. The molecule has 0 fully saturated rings. The topological polar surface area (TPSA) is 20.9 Å². The molecule has 1 aromatic carbocycles. The van der Waals surface area contributed by atoms with Crippen LogP contribution < -0.4 is 4.57 Å². The van der Waals surface area contributed by atoms with Crippen LogP contribution in [0.25, 0.3) is 9.78 Å². The van der Waals surface area contributed by atoms with E-state index in [0.717, 1.165) is 17.9 Å². The third kappa shape index (κ3) is 2.15. The molecule has 0 aliphatic heterocycles. The van der Waals surface area contributed by atoms with Gasteiger partial charge in [0, 0.05) is 0 Å². The van der Waals surface area contributed by atoms with Gasteiger partial charge in [0.15, 0.2) is 0 Å². The monoisotopic (exact) mass is 288 g/mol. The number of aromatic nitrogens is 1. The molecule has 0 unspecified atom stereocenters. The fourth-order valence-electron chi connectivity index (χ4n) is 1.63. The third-order valence-electron chi connectivity index (χ3n) is 2.32. The second kappa shape index (κ2) is 4.48. The van der Waals surface area contributed by atoms with Crippen LogP contribution in [0.4, 0.5) is 0 Å². The van der Waals surface area contributed by atoms with E-state index in [1.54, 1.807) is 0 Å². The zero-order chi connectivity index (χ0) is 10.8. The van der Waals surface area contributed by atoms with E-state index in [0.29, 0.717) is 20.9 Å². The molecule has 2 nitrogen and oxygen atoms in total. The standard InChI is InChI=1S/C11H11ClNOSe/c1-8-13(5-2-6-14)10-7-9(12)3-4-11(10)15-8/h3-4,6-7H,2,5H2,1H3/q+1. The Balaban J connectivity index is 2.54. The van der Waals surface area contributed by atoms with Crippen molar-refractivity contribution in [2.45, 2.75) is 19.9 Å². The number of halogens is 1. The first kappa shape index (κ1) is 10.9. The van der Waals surface area contributed by atoms with Crippen molar-refractivity contribution in [3.8, 4) is 0 Å². The van der Waals surface area contributed by atoms with Crippen LogP contribution in [0, 0.1) is 6.92 Å². The maximum atomic E-state index is 10.4. The van der Waals surface area contributed by atoms with Crippen molar-refractivity contribution in [1.82, 2.24) is 0 Å². The van der Waals surface area contributed by atoms with E-state index in [4.69, 9.17) is 11.6 Å². The SMILES string of the molecule is Cc1[se]c2ccc(Cl)cc2[n+]1CCC=O. The zero-order valence-electron chi connectivity index (χ0n) is 8.37. The number of fused-ring (bicyclic) bond motifs is 1. The van der Waals surface area contributed by atoms with Gasteiger partial charge in [0.2, 0.25) is 0 Å². The number of rotatable bonds is 3. The van der Waals surface area contributed by atoms with Gasteiger partial charge in [-0.05, 0) is 0 Å². The Kier molecular flexibility index (Phi) is 3.25. The zero-order valence-corrected chi connectivity index (χ0v) is 10.8. The first-order valence-electron chi connectivity index (χ1n) is 4.74. The molecule has 0 N–H and O–H groups in total. The second-order valence-corrected chi connectivity index (χ2v) is 6.37. The molecule has 0 saturated carbocycles. The summed E-state index contributed by atoms with van der Waals surface area (Å²) in [6.45, 7) is 2.89. The Hall–Kier alpha value is -0.631. The molecule has 2 aromatic rings. The van der Waals surface area contributed by atoms with Gasteiger partial charge in [0.1, 0.15) is 0 Å². The number of aryl methyl sites for hydroxylation is 2. The molecule has 78 valence electrons. The molecule has 4 heteroatoms. The summed E-state index contributed by atoms with van der Waals surface area (Å²) in [6, 6.07) is 6.00. The molecule has 0 aliphatic rings. The molecular formula is C11H11ClNOSe+. The molecule has 0 aliphatic carbocycles. The molecular weight excluding hydrogens is 277 g/mol. The first-order chi connectivity index (χ1) is 7.22. The summed E-state index contributed by atoms with van der Waals surface area (Å²) in [5.74, 6) is 0. The summed E-state index contributed by atoms with van der Waals surface area (Å²) in [6.07, 6.45) is 1.53.